The maximum Gasteiger partial charge on any atom is 0.309 e. The molecule has 0 saturated carbocycles. The first-order valence-corrected chi connectivity index (χ1v) is 12.6. The zero-order chi connectivity index (χ0) is 22.2. The summed E-state index contributed by atoms with van der Waals surface area (Å²) in [6.07, 6.45) is 2.61. The molecule has 0 aromatic heterocycles. The van der Waals surface area contributed by atoms with Crippen LogP contribution in [0.3, 0.4) is 0 Å². The summed E-state index contributed by atoms with van der Waals surface area (Å²) in [5.74, 6) is -0.769. The average Bonchev–Trinajstić information content (AvgIpc) is 3.20. The molecule has 0 aliphatic carbocycles. The number of ether oxygens (including phenoxy) is 1. The van der Waals surface area contributed by atoms with E-state index in [1.165, 1.54) is 0 Å². The Morgan fingerprint density at radius 1 is 1.06 bits per heavy atom. The first-order chi connectivity index (χ1) is 14.8. The summed E-state index contributed by atoms with van der Waals surface area (Å²) in [4.78, 5) is 40.1. The van der Waals surface area contributed by atoms with Crippen molar-refractivity contribution >= 4 is 33.3 Å². The Bertz CT molecular complexity index is 1010. The number of amides is 2. The van der Waals surface area contributed by atoms with Gasteiger partial charge in [0.15, 0.2) is 9.84 Å². The van der Waals surface area contributed by atoms with Gasteiger partial charge in [-0.15, -0.1) is 0 Å². The molecular formula is C22H28N2O6S. The normalized spacial score (nSPS) is 18.8. The summed E-state index contributed by atoms with van der Waals surface area (Å²) in [5.41, 5.74) is 2.69. The van der Waals surface area contributed by atoms with Crippen molar-refractivity contribution in [2.75, 3.05) is 36.9 Å². The molecule has 3 aliphatic rings. The van der Waals surface area contributed by atoms with Crippen molar-refractivity contribution < 1.29 is 27.5 Å². The molecule has 31 heavy (non-hydrogen) atoms. The Balaban J connectivity index is 1.38. The molecule has 1 fully saturated rings. The molecule has 0 unspecified atom stereocenters. The topological polar surface area (TPSA) is 101 Å². The van der Waals surface area contributed by atoms with Gasteiger partial charge in [0.05, 0.1) is 28.9 Å². The number of benzene rings is 1. The van der Waals surface area contributed by atoms with Crippen LogP contribution in [0.15, 0.2) is 17.0 Å². The second kappa shape index (κ2) is 8.61. The van der Waals surface area contributed by atoms with Gasteiger partial charge in [-0.3, -0.25) is 14.4 Å². The SMILES string of the molecule is CCOC(=O)C1CCN(C(=O)CCS(=O)(=O)c2cc3c4c(c2)CCN4C(=O)CC3)CC1. The van der Waals surface area contributed by atoms with Crippen molar-refractivity contribution in [3.05, 3.63) is 23.3 Å². The summed E-state index contributed by atoms with van der Waals surface area (Å²) in [7, 11) is -3.61. The lowest BCUT2D eigenvalue weighted by molar-refractivity contribution is -0.151. The maximum atomic E-state index is 13.0. The molecule has 0 bridgehead atoms. The molecule has 0 atom stereocenters. The molecule has 9 heteroatoms. The quantitative estimate of drug-likeness (QED) is 0.611. The highest BCUT2D eigenvalue weighted by Crippen LogP contribution is 2.38. The average molecular weight is 449 g/mol. The highest BCUT2D eigenvalue weighted by Gasteiger charge is 2.33. The highest BCUT2D eigenvalue weighted by atomic mass is 32.2. The number of aryl methyl sites for hydroxylation is 1. The van der Waals surface area contributed by atoms with Crippen LogP contribution in [0.5, 0.6) is 0 Å². The third kappa shape index (κ3) is 4.33. The molecule has 168 valence electrons. The minimum atomic E-state index is -3.61. The molecule has 0 N–H and O–H groups in total. The standard InChI is InChI=1S/C22H28N2O6S/c1-2-30-22(27)15-5-9-23(10-6-15)19(25)8-12-31(28,29)18-13-16-3-4-20(26)24-11-7-17(14-18)21(16)24/h13-15H,2-12H2,1H3. The number of carbonyl (C=O) groups excluding carboxylic acids is 3. The van der Waals surface area contributed by atoms with Gasteiger partial charge in [0, 0.05) is 32.5 Å². The second-order valence-corrected chi connectivity index (χ2v) is 10.5. The third-order valence-electron chi connectivity index (χ3n) is 6.44. The number of piperidine rings is 1. The van der Waals surface area contributed by atoms with Crippen LogP contribution in [0.25, 0.3) is 0 Å². The molecule has 3 heterocycles. The first kappa shape index (κ1) is 21.8. The molecule has 1 aromatic rings. The number of nitrogens with zero attached hydrogens (tertiary/aromatic N) is 2. The fraction of sp³-hybridized carbons (Fsp3) is 0.591. The highest BCUT2D eigenvalue weighted by molar-refractivity contribution is 7.91. The predicted octanol–water partition coefficient (Wildman–Crippen LogP) is 1.49. The van der Waals surface area contributed by atoms with E-state index < -0.39 is 9.84 Å². The van der Waals surface area contributed by atoms with Gasteiger partial charge in [-0.05, 0) is 55.9 Å². The minimum Gasteiger partial charge on any atom is -0.466 e. The van der Waals surface area contributed by atoms with E-state index in [4.69, 9.17) is 4.74 Å². The Kier molecular flexibility index (Phi) is 6.05. The number of anilines is 1. The smallest absolute Gasteiger partial charge is 0.309 e. The summed E-state index contributed by atoms with van der Waals surface area (Å²) in [5, 5.41) is 0. The lowest BCUT2D eigenvalue weighted by atomic mass is 9.97. The lowest BCUT2D eigenvalue weighted by Crippen LogP contribution is -2.41. The van der Waals surface area contributed by atoms with Crippen LogP contribution in [0.1, 0.15) is 43.7 Å². The number of rotatable bonds is 6. The zero-order valence-corrected chi connectivity index (χ0v) is 18.6. The zero-order valence-electron chi connectivity index (χ0n) is 17.8. The van der Waals surface area contributed by atoms with E-state index in [1.807, 2.05) is 0 Å². The van der Waals surface area contributed by atoms with Crippen LogP contribution in [0.2, 0.25) is 0 Å². The van der Waals surface area contributed by atoms with Crippen LogP contribution in [0, 0.1) is 5.92 Å². The van der Waals surface area contributed by atoms with E-state index >= 15 is 0 Å². The van der Waals surface area contributed by atoms with Crippen molar-refractivity contribution in [2.24, 2.45) is 5.92 Å². The minimum absolute atomic E-state index is 0.0799. The predicted molar refractivity (Wildman–Crippen MR) is 113 cm³/mol. The molecule has 8 nitrogen and oxygen atoms in total. The second-order valence-electron chi connectivity index (χ2n) is 8.36. The largest absolute Gasteiger partial charge is 0.466 e. The number of esters is 1. The van der Waals surface area contributed by atoms with Gasteiger partial charge >= 0.3 is 5.97 Å². The number of hydrogen-bond donors (Lipinski definition) is 0. The fourth-order valence-corrected chi connectivity index (χ4v) is 6.05. The summed E-state index contributed by atoms with van der Waals surface area (Å²) >= 11 is 0. The van der Waals surface area contributed by atoms with Crippen molar-refractivity contribution in [1.29, 1.82) is 0 Å². The van der Waals surface area contributed by atoms with Crippen LogP contribution >= 0.6 is 0 Å². The molecule has 1 saturated heterocycles. The van der Waals surface area contributed by atoms with Crippen LogP contribution in [0.4, 0.5) is 5.69 Å². The van der Waals surface area contributed by atoms with E-state index in [1.54, 1.807) is 28.9 Å². The van der Waals surface area contributed by atoms with Crippen molar-refractivity contribution in [1.82, 2.24) is 4.90 Å². The van der Waals surface area contributed by atoms with Gasteiger partial charge in [0.2, 0.25) is 11.8 Å². The van der Waals surface area contributed by atoms with Crippen molar-refractivity contribution in [3.8, 4) is 0 Å². The number of hydrogen-bond acceptors (Lipinski definition) is 6. The molecular weight excluding hydrogens is 420 g/mol. The Labute approximate surface area is 182 Å². The molecule has 0 radical (unpaired) electrons. The van der Waals surface area contributed by atoms with E-state index in [2.05, 4.69) is 0 Å². The van der Waals surface area contributed by atoms with Crippen molar-refractivity contribution in [3.63, 3.8) is 0 Å². The summed E-state index contributed by atoms with van der Waals surface area (Å²) < 4.78 is 30.9. The van der Waals surface area contributed by atoms with Gasteiger partial charge in [0.25, 0.3) is 0 Å². The van der Waals surface area contributed by atoms with E-state index in [9.17, 15) is 22.8 Å². The lowest BCUT2D eigenvalue weighted by Gasteiger charge is -2.31. The molecule has 1 aromatic carbocycles. The number of carbonyl (C=O) groups is 3. The van der Waals surface area contributed by atoms with Gasteiger partial charge in [0.1, 0.15) is 0 Å². The number of sulfone groups is 1. The Morgan fingerprint density at radius 2 is 1.74 bits per heavy atom. The van der Waals surface area contributed by atoms with Crippen molar-refractivity contribution in [2.45, 2.75) is 50.3 Å². The van der Waals surface area contributed by atoms with Gasteiger partial charge < -0.3 is 14.5 Å². The van der Waals surface area contributed by atoms with Crippen LogP contribution in [-0.4, -0.2) is 63.1 Å². The van der Waals surface area contributed by atoms with E-state index in [0.29, 0.717) is 58.3 Å². The fourth-order valence-electron chi connectivity index (χ4n) is 4.73. The molecule has 4 rings (SSSR count). The third-order valence-corrected chi connectivity index (χ3v) is 8.13. The summed E-state index contributed by atoms with van der Waals surface area (Å²) in [6.45, 7) is 3.59. The Hall–Kier alpha value is -2.42. The maximum absolute atomic E-state index is 13.0. The first-order valence-electron chi connectivity index (χ1n) is 10.9. The Morgan fingerprint density at radius 3 is 2.42 bits per heavy atom. The summed E-state index contributed by atoms with van der Waals surface area (Å²) in [6, 6.07) is 3.34. The molecule has 2 amide bonds. The van der Waals surface area contributed by atoms with Gasteiger partial charge in [-0.25, -0.2) is 8.42 Å². The molecule has 3 aliphatic heterocycles. The molecule has 0 spiro atoms. The van der Waals surface area contributed by atoms with Gasteiger partial charge in [-0.2, -0.15) is 0 Å². The van der Waals surface area contributed by atoms with E-state index in [0.717, 1.165) is 16.8 Å². The monoisotopic (exact) mass is 448 g/mol. The van der Waals surface area contributed by atoms with Crippen LogP contribution < -0.4 is 4.90 Å². The van der Waals surface area contributed by atoms with Gasteiger partial charge in [-0.1, -0.05) is 0 Å². The van der Waals surface area contributed by atoms with E-state index in [-0.39, 0.29) is 40.8 Å². The number of likely N-dealkylation sites (tertiary alicyclic amines) is 1. The van der Waals surface area contributed by atoms with Crippen LogP contribution in [-0.2, 0) is 41.8 Å².